The lowest BCUT2D eigenvalue weighted by atomic mass is 10.0. The molecule has 0 N–H and O–H groups in total. The van der Waals surface area contributed by atoms with Gasteiger partial charge in [0.15, 0.2) is 12.3 Å². The van der Waals surface area contributed by atoms with Crippen LogP contribution in [-0.4, -0.2) is 62.2 Å². The minimum atomic E-state index is -3.01. The van der Waals surface area contributed by atoms with Crippen LogP contribution >= 0.6 is 0 Å². The summed E-state index contributed by atoms with van der Waals surface area (Å²) in [4.78, 5) is 29.2. The summed E-state index contributed by atoms with van der Waals surface area (Å²) in [6, 6.07) is 12.3. The zero-order valence-electron chi connectivity index (χ0n) is 21.1. The first kappa shape index (κ1) is 25.7. The normalized spacial score (nSPS) is 13.9. The average molecular weight is 555 g/mol. The van der Waals surface area contributed by atoms with Gasteiger partial charge < -0.3 is 14.0 Å². The van der Waals surface area contributed by atoms with E-state index >= 15 is 0 Å². The lowest BCUT2D eigenvalue weighted by Gasteiger charge is -2.23. The summed E-state index contributed by atoms with van der Waals surface area (Å²) in [5, 5.41) is 0.434. The predicted molar refractivity (Wildman–Crippen MR) is 138 cm³/mol. The third kappa shape index (κ3) is 4.83. The Kier molecular flexibility index (Phi) is 6.58. The number of alkyl halides is 4. The minimum Gasteiger partial charge on any atom is -0.457 e. The van der Waals surface area contributed by atoms with Crippen LogP contribution in [0, 0.1) is 0 Å². The molecule has 0 atom stereocenters. The summed E-state index contributed by atoms with van der Waals surface area (Å²) in [6.45, 7) is -1.59. The standard InChI is InChI=1S/C27H22F4N6O3/c1-35-8-9-36-21-11-15(2-7-20(21)33-23(36)13-35)19-10-16-12-32-27(39-14-22(28)29)34-24(16)37(25(19)38)17-3-5-18(6-4-17)40-26(30)31/h2-7,10-12,22,26H,8-9,13-14H2,1H3. The number of hydrogen-bond donors (Lipinski definition) is 0. The van der Waals surface area contributed by atoms with Crippen molar-refractivity contribution < 1.29 is 27.0 Å². The summed E-state index contributed by atoms with van der Waals surface area (Å²) >= 11 is 0. The molecule has 6 rings (SSSR count). The molecular formula is C27H22F4N6O3. The molecule has 3 aromatic heterocycles. The molecule has 0 saturated carbocycles. The molecule has 40 heavy (non-hydrogen) atoms. The van der Waals surface area contributed by atoms with Gasteiger partial charge in [-0.1, -0.05) is 6.07 Å². The molecule has 0 bridgehead atoms. The van der Waals surface area contributed by atoms with Gasteiger partial charge in [-0.15, -0.1) is 0 Å². The molecule has 0 radical (unpaired) electrons. The molecule has 13 heteroatoms. The minimum absolute atomic E-state index is 0.0931. The SMILES string of the molecule is CN1CCn2c(nc3ccc(-c4cc5cnc(OCC(F)F)nc5n(-c5ccc(OC(F)F)cc5)c4=O)cc32)C1. The fourth-order valence-electron chi connectivity index (χ4n) is 4.81. The van der Waals surface area contributed by atoms with Gasteiger partial charge in [-0.3, -0.25) is 14.3 Å². The van der Waals surface area contributed by atoms with Gasteiger partial charge >= 0.3 is 12.6 Å². The number of imidazole rings is 1. The van der Waals surface area contributed by atoms with E-state index in [1.165, 1.54) is 35.0 Å². The number of likely N-dealkylation sites (N-methyl/N-ethyl adjacent to an activating group) is 1. The Morgan fingerprint density at radius 2 is 1.80 bits per heavy atom. The zero-order valence-corrected chi connectivity index (χ0v) is 21.1. The summed E-state index contributed by atoms with van der Waals surface area (Å²) in [5.74, 6) is 0.845. The van der Waals surface area contributed by atoms with Crippen LogP contribution in [-0.2, 0) is 13.1 Å². The van der Waals surface area contributed by atoms with E-state index in [1.807, 2.05) is 19.2 Å². The van der Waals surface area contributed by atoms with Crippen molar-refractivity contribution in [1.82, 2.24) is 29.0 Å². The number of benzene rings is 2. The van der Waals surface area contributed by atoms with Crippen molar-refractivity contribution >= 4 is 22.1 Å². The van der Waals surface area contributed by atoms with Gasteiger partial charge in [0.25, 0.3) is 12.0 Å². The molecule has 0 amide bonds. The van der Waals surface area contributed by atoms with Crippen LogP contribution in [0.1, 0.15) is 5.82 Å². The quantitative estimate of drug-likeness (QED) is 0.274. The van der Waals surface area contributed by atoms with Crippen molar-refractivity contribution in [1.29, 1.82) is 0 Å². The van der Waals surface area contributed by atoms with E-state index in [9.17, 15) is 22.4 Å². The highest BCUT2D eigenvalue weighted by Gasteiger charge is 2.20. The van der Waals surface area contributed by atoms with Crippen LogP contribution in [0.4, 0.5) is 17.6 Å². The van der Waals surface area contributed by atoms with Gasteiger partial charge in [0.05, 0.1) is 23.3 Å². The largest absolute Gasteiger partial charge is 0.457 e. The van der Waals surface area contributed by atoms with Gasteiger partial charge in [-0.2, -0.15) is 13.8 Å². The molecule has 1 aliphatic heterocycles. The summed E-state index contributed by atoms with van der Waals surface area (Å²) in [6.07, 6.45) is -1.36. The third-order valence-electron chi connectivity index (χ3n) is 6.63. The predicted octanol–water partition coefficient (Wildman–Crippen LogP) is 4.49. The Bertz CT molecular complexity index is 1770. The number of aromatic nitrogens is 5. The number of hydrogen-bond acceptors (Lipinski definition) is 7. The fraction of sp³-hybridized carbons (Fsp3) is 0.259. The second-order valence-electron chi connectivity index (χ2n) is 9.33. The monoisotopic (exact) mass is 554 g/mol. The number of pyridine rings is 1. The van der Waals surface area contributed by atoms with E-state index in [0.717, 1.165) is 29.9 Å². The lowest BCUT2D eigenvalue weighted by Crippen LogP contribution is -2.30. The first-order valence-corrected chi connectivity index (χ1v) is 12.3. The Hall–Kier alpha value is -4.52. The van der Waals surface area contributed by atoms with Crippen molar-refractivity contribution in [2.75, 3.05) is 20.2 Å². The van der Waals surface area contributed by atoms with E-state index in [-0.39, 0.29) is 17.4 Å². The third-order valence-corrected chi connectivity index (χ3v) is 6.63. The molecule has 5 aromatic rings. The number of nitrogens with zero attached hydrogens (tertiary/aromatic N) is 6. The average Bonchev–Trinajstić information content (AvgIpc) is 3.28. The Morgan fingerprint density at radius 1 is 1.00 bits per heavy atom. The van der Waals surface area contributed by atoms with Gasteiger partial charge in [0, 0.05) is 30.2 Å². The summed E-state index contributed by atoms with van der Waals surface area (Å²) in [5.41, 5.74) is 2.59. The molecule has 0 fully saturated rings. The molecule has 206 valence electrons. The topological polar surface area (TPSA) is 87.3 Å². The Balaban J connectivity index is 1.52. The Morgan fingerprint density at radius 3 is 2.55 bits per heavy atom. The second-order valence-corrected chi connectivity index (χ2v) is 9.33. The van der Waals surface area contributed by atoms with E-state index in [2.05, 4.69) is 24.2 Å². The van der Waals surface area contributed by atoms with Crippen LogP contribution in [0.5, 0.6) is 11.8 Å². The molecule has 1 aliphatic rings. The van der Waals surface area contributed by atoms with Gasteiger partial charge in [0.1, 0.15) is 11.6 Å². The van der Waals surface area contributed by atoms with Crippen LogP contribution in [0.25, 0.3) is 38.9 Å². The molecule has 4 heterocycles. The Labute approximate surface area is 224 Å². The highest BCUT2D eigenvalue weighted by atomic mass is 19.3. The number of rotatable bonds is 7. The van der Waals surface area contributed by atoms with Crippen LogP contribution in [0.3, 0.4) is 0 Å². The molecular weight excluding hydrogens is 532 g/mol. The summed E-state index contributed by atoms with van der Waals surface area (Å²) < 4.78 is 63.6. The first-order chi connectivity index (χ1) is 19.3. The maximum Gasteiger partial charge on any atom is 0.387 e. The van der Waals surface area contributed by atoms with Gasteiger partial charge in [-0.05, 0) is 55.1 Å². The molecule has 0 aliphatic carbocycles. The summed E-state index contributed by atoms with van der Waals surface area (Å²) in [7, 11) is 2.03. The fourth-order valence-corrected chi connectivity index (χ4v) is 4.81. The van der Waals surface area contributed by atoms with E-state index in [4.69, 9.17) is 9.72 Å². The van der Waals surface area contributed by atoms with Crippen molar-refractivity contribution in [3.05, 3.63) is 70.9 Å². The molecule has 0 spiro atoms. The van der Waals surface area contributed by atoms with E-state index in [1.54, 1.807) is 12.1 Å². The highest BCUT2D eigenvalue weighted by molar-refractivity contribution is 5.87. The van der Waals surface area contributed by atoms with Crippen molar-refractivity contribution in [2.45, 2.75) is 26.1 Å². The van der Waals surface area contributed by atoms with Gasteiger partial charge in [0.2, 0.25) is 0 Å². The number of ether oxygens (including phenoxy) is 2. The maximum atomic E-state index is 14.0. The number of fused-ring (bicyclic) bond motifs is 4. The molecule has 2 aromatic carbocycles. The molecule has 9 nitrogen and oxygen atoms in total. The zero-order chi connectivity index (χ0) is 28.0. The van der Waals surface area contributed by atoms with Crippen molar-refractivity contribution in [2.24, 2.45) is 0 Å². The molecule has 0 saturated heterocycles. The van der Waals surface area contributed by atoms with Crippen molar-refractivity contribution in [3.8, 4) is 28.6 Å². The van der Waals surface area contributed by atoms with Crippen molar-refractivity contribution in [3.63, 3.8) is 0 Å². The first-order valence-electron chi connectivity index (χ1n) is 12.3. The maximum absolute atomic E-state index is 14.0. The number of halogens is 4. The van der Waals surface area contributed by atoms with Crippen LogP contribution in [0.2, 0.25) is 0 Å². The smallest absolute Gasteiger partial charge is 0.387 e. The second kappa shape index (κ2) is 10.2. The molecule has 0 unspecified atom stereocenters. The van der Waals surface area contributed by atoms with E-state index in [0.29, 0.717) is 28.7 Å². The lowest BCUT2D eigenvalue weighted by molar-refractivity contribution is -0.0498. The highest BCUT2D eigenvalue weighted by Crippen LogP contribution is 2.28. The van der Waals surface area contributed by atoms with Gasteiger partial charge in [-0.25, -0.2) is 18.7 Å². The van der Waals surface area contributed by atoms with E-state index < -0.39 is 25.2 Å². The van der Waals surface area contributed by atoms with Crippen LogP contribution in [0.15, 0.2) is 59.5 Å². The van der Waals surface area contributed by atoms with Crippen LogP contribution < -0.4 is 15.0 Å².